The smallest absolute Gasteiger partial charge is 0.303 e. The molecule has 7 heteroatoms. The van der Waals surface area contributed by atoms with Crippen LogP contribution in [-0.4, -0.2) is 48.4 Å². The Bertz CT molecular complexity index is 738. The van der Waals surface area contributed by atoms with Gasteiger partial charge in [-0.1, -0.05) is 36.4 Å². The molecule has 2 unspecified atom stereocenters. The van der Waals surface area contributed by atoms with Crippen LogP contribution in [0.25, 0.3) is 0 Å². The van der Waals surface area contributed by atoms with E-state index in [2.05, 4.69) is 0 Å². The molecular weight excluding hydrogens is 352 g/mol. The maximum Gasteiger partial charge on any atom is 0.303 e. The van der Waals surface area contributed by atoms with Crippen LogP contribution in [0.15, 0.2) is 42.5 Å². The molecule has 0 saturated heterocycles. The fourth-order valence-corrected chi connectivity index (χ4v) is 2.84. The van der Waals surface area contributed by atoms with E-state index in [-0.39, 0.29) is 18.2 Å². The van der Waals surface area contributed by atoms with E-state index in [1.807, 2.05) is 0 Å². The molecule has 0 aliphatic carbocycles. The second-order valence-corrected chi connectivity index (χ2v) is 6.22. The van der Waals surface area contributed by atoms with Crippen LogP contribution in [-0.2, 0) is 28.6 Å². The highest BCUT2D eigenvalue weighted by molar-refractivity contribution is 6.10. The molecule has 1 heterocycles. The van der Waals surface area contributed by atoms with Crippen LogP contribution in [0.2, 0.25) is 0 Å². The van der Waals surface area contributed by atoms with Crippen LogP contribution < -0.4 is 0 Å². The van der Waals surface area contributed by atoms with Gasteiger partial charge in [-0.2, -0.15) is 0 Å². The van der Waals surface area contributed by atoms with Gasteiger partial charge < -0.3 is 14.2 Å². The van der Waals surface area contributed by atoms with E-state index in [1.54, 1.807) is 36.4 Å². The first-order chi connectivity index (χ1) is 12.8. The molecule has 0 spiro atoms. The highest BCUT2D eigenvalue weighted by Crippen LogP contribution is 2.25. The molecule has 0 N–H and O–H groups in total. The second kappa shape index (κ2) is 9.23. The van der Waals surface area contributed by atoms with Crippen LogP contribution in [0.5, 0.6) is 0 Å². The maximum atomic E-state index is 12.8. The predicted octanol–water partition coefficient (Wildman–Crippen LogP) is 1.89. The number of hydrogen-bond acceptors (Lipinski definition) is 7. The molecule has 2 rings (SSSR count). The molecule has 1 aliphatic heterocycles. The summed E-state index contributed by atoms with van der Waals surface area (Å²) in [5, 5.41) is 0. The van der Waals surface area contributed by atoms with Gasteiger partial charge in [0, 0.05) is 19.4 Å². The minimum Gasteiger partial charge on any atom is -0.463 e. The molecule has 1 aromatic carbocycles. The Morgan fingerprint density at radius 1 is 1.00 bits per heavy atom. The molecule has 7 nitrogen and oxygen atoms in total. The topological polar surface area (TPSA) is 96.0 Å². The molecule has 0 bridgehead atoms. The van der Waals surface area contributed by atoms with Crippen LogP contribution in [0, 0.1) is 5.92 Å². The molecule has 0 radical (unpaired) electrons. The molecular formula is C20H22O7. The Labute approximate surface area is 157 Å². The van der Waals surface area contributed by atoms with Crippen molar-refractivity contribution in [1.82, 2.24) is 0 Å². The summed E-state index contributed by atoms with van der Waals surface area (Å²) < 4.78 is 16.0. The van der Waals surface area contributed by atoms with E-state index >= 15 is 0 Å². The van der Waals surface area contributed by atoms with Gasteiger partial charge in [0.1, 0.15) is 30.5 Å². The molecule has 0 fully saturated rings. The van der Waals surface area contributed by atoms with Gasteiger partial charge in [0.25, 0.3) is 0 Å². The summed E-state index contributed by atoms with van der Waals surface area (Å²) in [7, 11) is 0. The summed E-state index contributed by atoms with van der Waals surface area (Å²) in [4.78, 5) is 47.4. The predicted molar refractivity (Wildman–Crippen MR) is 94.9 cm³/mol. The fraction of sp³-hybridized carbons (Fsp3) is 0.400. The van der Waals surface area contributed by atoms with Gasteiger partial charge in [-0.15, -0.1) is 0 Å². The fourth-order valence-electron chi connectivity index (χ4n) is 2.84. The Balaban J connectivity index is 2.25. The van der Waals surface area contributed by atoms with Crippen molar-refractivity contribution in [1.29, 1.82) is 0 Å². The zero-order valence-electron chi connectivity index (χ0n) is 15.4. The van der Waals surface area contributed by atoms with Crippen molar-refractivity contribution in [2.75, 3.05) is 6.61 Å². The average Bonchev–Trinajstić information content (AvgIpc) is 2.61. The molecule has 4 atom stereocenters. The van der Waals surface area contributed by atoms with Crippen molar-refractivity contribution < 1.29 is 33.4 Å². The number of benzene rings is 1. The standard InChI is InChI=1S/C20H22O7/c1-12(21)19(20(24)15-7-5-4-6-8-15)17-10-9-16(26-14(3)23)18(27-17)11-25-13(2)22/h4-10,16-19H,11H2,1-3H3/t16-,17?,18+,19?/m0/s1. The van der Waals surface area contributed by atoms with E-state index in [0.29, 0.717) is 5.56 Å². The van der Waals surface area contributed by atoms with Crippen molar-refractivity contribution >= 4 is 23.5 Å². The summed E-state index contributed by atoms with van der Waals surface area (Å²) in [5.74, 6) is -2.81. The van der Waals surface area contributed by atoms with E-state index in [4.69, 9.17) is 14.2 Å². The minimum absolute atomic E-state index is 0.168. The van der Waals surface area contributed by atoms with Crippen molar-refractivity contribution in [3.63, 3.8) is 0 Å². The lowest BCUT2D eigenvalue weighted by Gasteiger charge is -2.34. The van der Waals surface area contributed by atoms with Gasteiger partial charge in [-0.3, -0.25) is 19.2 Å². The number of carbonyl (C=O) groups excluding carboxylic acids is 4. The molecule has 144 valence electrons. The summed E-state index contributed by atoms with van der Waals surface area (Å²) in [6.07, 6.45) is 0.626. The summed E-state index contributed by atoms with van der Waals surface area (Å²) in [6.45, 7) is 3.65. The average molecular weight is 374 g/mol. The first kappa shape index (κ1) is 20.5. The lowest BCUT2D eigenvalue weighted by molar-refractivity contribution is -0.166. The number of hydrogen-bond donors (Lipinski definition) is 0. The summed E-state index contributed by atoms with van der Waals surface area (Å²) in [6, 6.07) is 8.45. The van der Waals surface area contributed by atoms with Crippen LogP contribution in [0.3, 0.4) is 0 Å². The maximum absolute atomic E-state index is 12.8. The van der Waals surface area contributed by atoms with Gasteiger partial charge in [0.15, 0.2) is 5.78 Å². The lowest BCUT2D eigenvalue weighted by Crippen LogP contribution is -2.46. The third-order valence-electron chi connectivity index (χ3n) is 4.05. The summed E-state index contributed by atoms with van der Waals surface area (Å²) in [5.41, 5.74) is 0.397. The van der Waals surface area contributed by atoms with Crippen molar-refractivity contribution in [3.8, 4) is 0 Å². The number of ether oxygens (including phenoxy) is 3. The third-order valence-corrected chi connectivity index (χ3v) is 4.05. The van der Waals surface area contributed by atoms with Gasteiger partial charge in [0.05, 0.1) is 6.10 Å². The van der Waals surface area contributed by atoms with Crippen LogP contribution in [0.4, 0.5) is 0 Å². The van der Waals surface area contributed by atoms with E-state index in [1.165, 1.54) is 26.8 Å². The molecule has 0 saturated carbocycles. The van der Waals surface area contributed by atoms with Crippen molar-refractivity contribution in [3.05, 3.63) is 48.0 Å². The quantitative estimate of drug-likeness (QED) is 0.311. The van der Waals surface area contributed by atoms with Gasteiger partial charge in [-0.05, 0) is 13.0 Å². The normalized spacial score (nSPS) is 22.6. The minimum atomic E-state index is -1.05. The zero-order chi connectivity index (χ0) is 20.0. The Hall–Kier alpha value is -2.80. The number of Topliss-reactive ketones (excluding diaryl/α,β-unsaturated/α-hetero) is 2. The SMILES string of the molecule is CC(=O)OC[C@H]1OC(C(C(C)=O)C(=O)c2ccccc2)C=C[C@@H]1OC(C)=O. The van der Waals surface area contributed by atoms with Gasteiger partial charge in [-0.25, -0.2) is 0 Å². The summed E-state index contributed by atoms with van der Waals surface area (Å²) >= 11 is 0. The third kappa shape index (κ3) is 5.59. The first-order valence-corrected chi connectivity index (χ1v) is 8.53. The van der Waals surface area contributed by atoms with Gasteiger partial charge in [0.2, 0.25) is 0 Å². The lowest BCUT2D eigenvalue weighted by atomic mass is 9.87. The van der Waals surface area contributed by atoms with Gasteiger partial charge >= 0.3 is 11.9 Å². The molecule has 1 aromatic rings. The van der Waals surface area contributed by atoms with E-state index in [0.717, 1.165) is 0 Å². The Kier molecular flexibility index (Phi) is 7.01. The molecule has 0 amide bonds. The monoisotopic (exact) mass is 374 g/mol. The highest BCUT2D eigenvalue weighted by Gasteiger charge is 2.39. The van der Waals surface area contributed by atoms with E-state index < -0.39 is 36.2 Å². The molecule has 0 aromatic heterocycles. The van der Waals surface area contributed by atoms with Crippen molar-refractivity contribution in [2.45, 2.75) is 39.1 Å². The van der Waals surface area contributed by atoms with Crippen LogP contribution >= 0.6 is 0 Å². The van der Waals surface area contributed by atoms with Crippen LogP contribution in [0.1, 0.15) is 31.1 Å². The Morgan fingerprint density at radius 2 is 1.67 bits per heavy atom. The number of ketones is 2. The Morgan fingerprint density at radius 3 is 2.22 bits per heavy atom. The zero-order valence-corrected chi connectivity index (χ0v) is 15.4. The molecule has 1 aliphatic rings. The van der Waals surface area contributed by atoms with Crippen molar-refractivity contribution in [2.24, 2.45) is 5.92 Å². The number of esters is 2. The first-order valence-electron chi connectivity index (χ1n) is 8.53. The largest absolute Gasteiger partial charge is 0.463 e. The molecule has 27 heavy (non-hydrogen) atoms. The van der Waals surface area contributed by atoms with E-state index in [9.17, 15) is 19.2 Å². The second-order valence-electron chi connectivity index (χ2n) is 6.22. The highest BCUT2D eigenvalue weighted by atomic mass is 16.6. The number of carbonyl (C=O) groups is 4. The number of rotatable bonds is 7.